The van der Waals surface area contributed by atoms with Crippen molar-refractivity contribution in [1.29, 1.82) is 0 Å². The Bertz CT molecular complexity index is 444. The van der Waals surface area contributed by atoms with E-state index in [-0.39, 0.29) is 11.0 Å². The average Bonchev–Trinajstić information content (AvgIpc) is 2.27. The van der Waals surface area contributed by atoms with E-state index < -0.39 is 17.5 Å². The second-order valence-corrected chi connectivity index (χ2v) is 4.62. The van der Waals surface area contributed by atoms with Gasteiger partial charge in [-0.1, -0.05) is 6.92 Å². The molecule has 1 aromatic carbocycles. The summed E-state index contributed by atoms with van der Waals surface area (Å²) in [6.07, 6.45) is 0. The summed E-state index contributed by atoms with van der Waals surface area (Å²) in [5, 5.41) is 2.68. The van der Waals surface area contributed by atoms with Crippen molar-refractivity contribution in [3.63, 3.8) is 0 Å². The highest BCUT2D eigenvalue weighted by Crippen LogP contribution is 2.25. The lowest BCUT2D eigenvalue weighted by atomic mass is 9.88. The molecule has 0 saturated carbocycles. The van der Waals surface area contributed by atoms with E-state index in [2.05, 4.69) is 5.32 Å². The van der Waals surface area contributed by atoms with Crippen LogP contribution in [0.25, 0.3) is 0 Å². The Morgan fingerprint density at radius 1 is 1.41 bits per heavy atom. The van der Waals surface area contributed by atoms with Crippen LogP contribution in [0, 0.1) is 17.0 Å². The van der Waals surface area contributed by atoms with E-state index in [1.54, 1.807) is 0 Å². The van der Waals surface area contributed by atoms with Crippen LogP contribution in [0.5, 0.6) is 0 Å². The van der Waals surface area contributed by atoms with Gasteiger partial charge in [0.25, 0.3) is 5.91 Å². The van der Waals surface area contributed by atoms with E-state index in [4.69, 9.17) is 4.74 Å². The van der Waals surface area contributed by atoms with Gasteiger partial charge in [-0.25, -0.2) is 8.78 Å². The van der Waals surface area contributed by atoms with Crippen LogP contribution in [0.1, 0.15) is 17.3 Å². The van der Waals surface area contributed by atoms with Gasteiger partial charge in [0.1, 0.15) is 0 Å². The topological polar surface area (TPSA) is 38.3 Å². The van der Waals surface area contributed by atoms with Crippen molar-refractivity contribution in [2.24, 2.45) is 5.41 Å². The van der Waals surface area contributed by atoms with Crippen molar-refractivity contribution in [2.45, 2.75) is 6.92 Å². The zero-order chi connectivity index (χ0) is 12.5. The van der Waals surface area contributed by atoms with Gasteiger partial charge >= 0.3 is 0 Å². The van der Waals surface area contributed by atoms with Crippen LogP contribution < -0.4 is 5.32 Å². The molecule has 17 heavy (non-hydrogen) atoms. The van der Waals surface area contributed by atoms with Crippen LogP contribution in [-0.4, -0.2) is 25.7 Å². The van der Waals surface area contributed by atoms with Crippen LogP contribution in [0.4, 0.5) is 8.78 Å². The molecule has 1 fully saturated rings. The maximum absolute atomic E-state index is 12.9. The van der Waals surface area contributed by atoms with Gasteiger partial charge in [-0.15, -0.1) is 0 Å². The lowest BCUT2D eigenvalue weighted by Crippen LogP contribution is -2.48. The van der Waals surface area contributed by atoms with Crippen LogP contribution in [0.15, 0.2) is 18.2 Å². The Morgan fingerprint density at radius 3 is 2.65 bits per heavy atom. The third kappa shape index (κ3) is 2.61. The summed E-state index contributed by atoms with van der Waals surface area (Å²) in [6.45, 7) is 3.66. The third-order valence-electron chi connectivity index (χ3n) is 2.76. The van der Waals surface area contributed by atoms with Crippen molar-refractivity contribution in [3.8, 4) is 0 Å². The van der Waals surface area contributed by atoms with Gasteiger partial charge in [0, 0.05) is 17.5 Å². The summed E-state index contributed by atoms with van der Waals surface area (Å²) in [4.78, 5) is 11.7. The molecule has 1 amide bonds. The van der Waals surface area contributed by atoms with Crippen LogP contribution >= 0.6 is 0 Å². The molecular formula is C12H13F2NO2. The van der Waals surface area contributed by atoms with Gasteiger partial charge in [0.15, 0.2) is 11.6 Å². The number of rotatable bonds is 3. The monoisotopic (exact) mass is 241 g/mol. The van der Waals surface area contributed by atoms with Crippen LogP contribution in [-0.2, 0) is 4.74 Å². The first-order valence-electron chi connectivity index (χ1n) is 5.31. The van der Waals surface area contributed by atoms with E-state index in [1.807, 2.05) is 6.92 Å². The first-order valence-corrected chi connectivity index (χ1v) is 5.31. The Balaban J connectivity index is 1.97. The van der Waals surface area contributed by atoms with Crippen LogP contribution in [0.3, 0.4) is 0 Å². The highest BCUT2D eigenvalue weighted by atomic mass is 19.2. The summed E-state index contributed by atoms with van der Waals surface area (Å²) >= 11 is 0. The maximum Gasteiger partial charge on any atom is 0.251 e. The van der Waals surface area contributed by atoms with Gasteiger partial charge in [0.05, 0.1) is 13.2 Å². The first kappa shape index (κ1) is 12.0. The van der Waals surface area contributed by atoms with E-state index in [0.29, 0.717) is 19.8 Å². The number of hydrogen-bond acceptors (Lipinski definition) is 2. The summed E-state index contributed by atoms with van der Waals surface area (Å²) < 4.78 is 30.6. The van der Waals surface area contributed by atoms with E-state index in [0.717, 1.165) is 12.1 Å². The number of hydrogen-bond donors (Lipinski definition) is 1. The molecule has 0 atom stereocenters. The Labute approximate surface area is 97.8 Å². The van der Waals surface area contributed by atoms with E-state index >= 15 is 0 Å². The van der Waals surface area contributed by atoms with E-state index in [9.17, 15) is 13.6 Å². The molecule has 0 unspecified atom stereocenters. The molecule has 5 heteroatoms. The molecule has 1 aliphatic heterocycles. The Hall–Kier alpha value is -1.49. The number of carbonyl (C=O) groups excluding carboxylic acids is 1. The normalized spacial score (nSPS) is 17.4. The molecule has 1 aliphatic rings. The second-order valence-electron chi connectivity index (χ2n) is 4.62. The molecule has 92 valence electrons. The van der Waals surface area contributed by atoms with Crippen molar-refractivity contribution in [2.75, 3.05) is 19.8 Å². The molecule has 0 radical (unpaired) electrons. The summed E-state index contributed by atoms with van der Waals surface area (Å²) in [6, 6.07) is 3.09. The van der Waals surface area contributed by atoms with Crippen molar-refractivity contribution >= 4 is 5.91 Å². The SMILES string of the molecule is CC1(CNC(=O)c2ccc(F)c(F)c2)COC1. The molecule has 1 N–H and O–H groups in total. The van der Waals surface area contributed by atoms with Crippen molar-refractivity contribution in [1.82, 2.24) is 5.32 Å². The van der Waals surface area contributed by atoms with Gasteiger partial charge in [-0.05, 0) is 18.2 Å². The molecule has 1 aromatic rings. The molecule has 3 nitrogen and oxygen atoms in total. The predicted molar refractivity (Wildman–Crippen MR) is 57.6 cm³/mol. The summed E-state index contributed by atoms with van der Waals surface area (Å²) in [5.41, 5.74) is 0.0709. The average molecular weight is 241 g/mol. The number of carbonyl (C=O) groups is 1. The smallest absolute Gasteiger partial charge is 0.251 e. The molecule has 1 heterocycles. The quantitative estimate of drug-likeness (QED) is 0.875. The highest BCUT2D eigenvalue weighted by molar-refractivity contribution is 5.94. The highest BCUT2D eigenvalue weighted by Gasteiger charge is 2.33. The largest absolute Gasteiger partial charge is 0.380 e. The molecule has 2 rings (SSSR count). The van der Waals surface area contributed by atoms with Crippen LogP contribution in [0.2, 0.25) is 0 Å². The minimum absolute atomic E-state index is 0.0474. The molecule has 0 spiro atoms. The molecule has 0 aromatic heterocycles. The predicted octanol–water partition coefficient (Wildman–Crippen LogP) is 1.73. The number of ether oxygens (including phenoxy) is 1. The number of amides is 1. The van der Waals surface area contributed by atoms with Crippen molar-refractivity contribution < 1.29 is 18.3 Å². The molecular weight excluding hydrogens is 228 g/mol. The summed E-state index contributed by atoms with van der Waals surface area (Å²) in [7, 11) is 0. The second kappa shape index (κ2) is 4.41. The van der Waals surface area contributed by atoms with Gasteiger partial charge < -0.3 is 10.1 Å². The number of nitrogens with one attached hydrogen (secondary N) is 1. The fourth-order valence-corrected chi connectivity index (χ4v) is 1.59. The first-order chi connectivity index (χ1) is 8.00. The molecule has 0 aliphatic carbocycles. The fourth-order valence-electron chi connectivity index (χ4n) is 1.59. The molecule has 1 saturated heterocycles. The van der Waals surface area contributed by atoms with Gasteiger partial charge in [-0.3, -0.25) is 4.79 Å². The minimum atomic E-state index is -1.02. The lowest BCUT2D eigenvalue weighted by molar-refractivity contribution is -0.0978. The Kier molecular flexibility index (Phi) is 3.11. The van der Waals surface area contributed by atoms with E-state index in [1.165, 1.54) is 6.07 Å². The minimum Gasteiger partial charge on any atom is -0.380 e. The number of benzene rings is 1. The van der Waals surface area contributed by atoms with Crippen molar-refractivity contribution in [3.05, 3.63) is 35.4 Å². The molecule has 0 bridgehead atoms. The van der Waals surface area contributed by atoms with Gasteiger partial charge in [-0.2, -0.15) is 0 Å². The summed E-state index contributed by atoms with van der Waals surface area (Å²) in [5.74, 6) is -2.38. The lowest BCUT2D eigenvalue weighted by Gasteiger charge is -2.38. The number of halogens is 2. The zero-order valence-corrected chi connectivity index (χ0v) is 9.43. The Morgan fingerprint density at radius 2 is 2.12 bits per heavy atom. The third-order valence-corrected chi connectivity index (χ3v) is 2.76. The maximum atomic E-state index is 12.9. The standard InChI is InChI=1S/C12H13F2NO2/c1-12(6-17-7-12)5-15-11(16)8-2-3-9(13)10(14)4-8/h2-4H,5-7H2,1H3,(H,15,16). The fraction of sp³-hybridized carbons (Fsp3) is 0.417. The van der Waals surface area contributed by atoms with Gasteiger partial charge in [0.2, 0.25) is 0 Å². The zero-order valence-electron chi connectivity index (χ0n) is 9.43.